The lowest BCUT2D eigenvalue weighted by molar-refractivity contribution is -0.141. The van der Waals surface area contributed by atoms with Gasteiger partial charge in [0.25, 0.3) is 10.0 Å². The number of carbonyl (C=O) groups excluding carboxylic acids is 2. The summed E-state index contributed by atoms with van der Waals surface area (Å²) in [5, 5.41) is 3.72. The Balaban J connectivity index is 2.11. The molecule has 1 N–H and O–H groups in total. The van der Waals surface area contributed by atoms with E-state index in [-0.39, 0.29) is 17.3 Å². The SMILES string of the molecule is CCC(C(=O)NC(C)(C)C)N(Cc1ccc(Cl)cc1Cl)C(=O)CN(c1ccc(C)c(C)c1)S(=O)(=O)c1ccccc1. The summed E-state index contributed by atoms with van der Waals surface area (Å²) in [5.74, 6) is -0.897. The molecule has 3 aromatic rings. The molecule has 7 nitrogen and oxygen atoms in total. The maximum absolute atomic E-state index is 14.2. The average Bonchev–Trinajstić information content (AvgIpc) is 2.89. The van der Waals surface area contributed by atoms with E-state index in [4.69, 9.17) is 23.2 Å². The average molecular weight is 619 g/mol. The molecule has 0 heterocycles. The van der Waals surface area contributed by atoms with Gasteiger partial charge in [0.2, 0.25) is 11.8 Å². The fourth-order valence-corrected chi connectivity index (χ4v) is 6.23. The molecule has 1 atom stereocenters. The number of nitrogens with zero attached hydrogens (tertiary/aromatic N) is 2. The maximum Gasteiger partial charge on any atom is 0.264 e. The second-order valence-electron chi connectivity index (χ2n) is 11.0. The van der Waals surface area contributed by atoms with Crippen molar-refractivity contribution < 1.29 is 18.0 Å². The van der Waals surface area contributed by atoms with Gasteiger partial charge in [-0.25, -0.2) is 8.42 Å². The number of carbonyl (C=O) groups is 2. The van der Waals surface area contributed by atoms with Crippen molar-refractivity contribution in [1.82, 2.24) is 10.2 Å². The van der Waals surface area contributed by atoms with Gasteiger partial charge >= 0.3 is 0 Å². The minimum absolute atomic E-state index is 0.0168. The Kier molecular flexibility index (Phi) is 10.5. The Bertz CT molecular complexity index is 1510. The molecular formula is C31H37Cl2N3O4S. The molecule has 0 spiro atoms. The van der Waals surface area contributed by atoms with Gasteiger partial charge in [-0.05, 0) is 94.1 Å². The molecule has 1 unspecified atom stereocenters. The molecule has 41 heavy (non-hydrogen) atoms. The van der Waals surface area contributed by atoms with Crippen LogP contribution in [0.4, 0.5) is 5.69 Å². The van der Waals surface area contributed by atoms with E-state index in [0.717, 1.165) is 15.4 Å². The van der Waals surface area contributed by atoms with Crippen molar-refractivity contribution in [3.8, 4) is 0 Å². The zero-order valence-corrected chi connectivity index (χ0v) is 26.6. The summed E-state index contributed by atoms with van der Waals surface area (Å²) in [6, 6.07) is 17.2. The smallest absolute Gasteiger partial charge is 0.264 e. The number of rotatable bonds is 10. The van der Waals surface area contributed by atoms with Crippen LogP contribution in [0.1, 0.15) is 50.8 Å². The third kappa shape index (κ3) is 8.24. The first kappa shape index (κ1) is 32.4. The van der Waals surface area contributed by atoms with E-state index in [1.54, 1.807) is 55.5 Å². The number of nitrogens with one attached hydrogen (secondary N) is 1. The molecule has 0 radical (unpaired) electrons. The number of aryl methyl sites for hydroxylation is 2. The van der Waals surface area contributed by atoms with Crippen LogP contribution in [-0.4, -0.2) is 43.3 Å². The number of amides is 2. The van der Waals surface area contributed by atoms with E-state index in [9.17, 15) is 18.0 Å². The number of hydrogen-bond donors (Lipinski definition) is 1. The van der Waals surface area contributed by atoms with E-state index < -0.39 is 34.1 Å². The number of hydrogen-bond acceptors (Lipinski definition) is 4. The summed E-state index contributed by atoms with van der Waals surface area (Å²) in [5.41, 5.74) is 2.25. The molecule has 0 saturated heterocycles. The quantitative estimate of drug-likeness (QED) is 0.280. The standard InChI is InChI=1S/C31H37Cl2N3O4S/c1-7-28(30(38)34-31(4,5)6)35(19-23-14-15-24(32)18-27(23)33)29(37)20-36(25-16-13-21(2)22(3)17-25)41(39,40)26-11-9-8-10-12-26/h8-18,28H,7,19-20H2,1-6H3,(H,34,38). The Morgan fingerprint density at radius 1 is 0.927 bits per heavy atom. The van der Waals surface area contributed by atoms with Gasteiger partial charge in [0.1, 0.15) is 12.6 Å². The van der Waals surface area contributed by atoms with Crippen LogP contribution in [0.3, 0.4) is 0 Å². The molecule has 0 aliphatic carbocycles. The molecule has 3 aromatic carbocycles. The summed E-state index contributed by atoms with van der Waals surface area (Å²) >= 11 is 12.6. The third-order valence-electron chi connectivity index (χ3n) is 6.63. The Hall–Kier alpha value is -3.07. The highest BCUT2D eigenvalue weighted by atomic mass is 35.5. The molecule has 0 aromatic heterocycles. The van der Waals surface area contributed by atoms with Crippen LogP contribution in [0.25, 0.3) is 0 Å². The van der Waals surface area contributed by atoms with Crippen molar-refractivity contribution in [2.75, 3.05) is 10.8 Å². The van der Waals surface area contributed by atoms with E-state index >= 15 is 0 Å². The van der Waals surface area contributed by atoms with Crippen LogP contribution in [0.2, 0.25) is 10.0 Å². The van der Waals surface area contributed by atoms with Crippen LogP contribution in [0, 0.1) is 13.8 Å². The van der Waals surface area contributed by atoms with Gasteiger partial charge in [-0.3, -0.25) is 13.9 Å². The highest BCUT2D eigenvalue weighted by Gasteiger charge is 2.35. The van der Waals surface area contributed by atoms with Crippen molar-refractivity contribution in [3.63, 3.8) is 0 Å². The summed E-state index contributed by atoms with van der Waals surface area (Å²) in [6.07, 6.45) is 0.300. The lowest BCUT2D eigenvalue weighted by atomic mass is 10.1. The molecule has 3 rings (SSSR count). The number of halogens is 2. The van der Waals surface area contributed by atoms with Gasteiger partial charge < -0.3 is 10.2 Å². The fraction of sp³-hybridized carbons (Fsp3) is 0.355. The first-order valence-electron chi connectivity index (χ1n) is 13.3. The van der Waals surface area contributed by atoms with Gasteiger partial charge in [0.05, 0.1) is 10.6 Å². The van der Waals surface area contributed by atoms with E-state index in [0.29, 0.717) is 27.7 Å². The minimum atomic E-state index is -4.14. The van der Waals surface area contributed by atoms with Crippen LogP contribution < -0.4 is 9.62 Å². The number of anilines is 1. The van der Waals surface area contributed by atoms with E-state index in [1.165, 1.54) is 17.0 Å². The Labute approximate surface area is 253 Å². The Morgan fingerprint density at radius 2 is 1.59 bits per heavy atom. The first-order valence-corrected chi connectivity index (χ1v) is 15.5. The summed E-state index contributed by atoms with van der Waals surface area (Å²) in [7, 11) is -4.14. The van der Waals surface area contributed by atoms with Crippen LogP contribution >= 0.6 is 23.2 Å². The molecule has 2 amide bonds. The van der Waals surface area contributed by atoms with Crippen LogP contribution in [0.5, 0.6) is 0 Å². The van der Waals surface area contributed by atoms with Gasteiger partial charge in [0, 0.05) is 22.1 Å². The summed E-state index contributed by atoms with van der Waals surface area (Å²) in [4.78, 5) is 29.1. The van der Waals surface area contributed by atoms with Crippen molar-refractivity contribution in [2.45, 2.75) is 71.0 Å². The number of benzene rings is 3. The van der Waals surface area contributed by atoms with E-state index in [2.05, 4.69) is 5.32 Å². The fourth-order valence-electron chi connectivity index (χ4n) is 4.33. The van der Waals surface area contributed by atoms with Crippen molar-refractivity contribution >= 4 is 50.7 Å². The molecule has 0 aliphatic heterocycles. The van der Waals surface area contributed by atoms with Gasteiger partial charge in [-0.2, -0.15) is 0 Å². The molecule has 0 bridgehead atoms. The highest BCUT2D eigenvalue weighted by molar-refractivity contribution is 7.92. The zero-order chi connectivity index (χ0) is 30.5. The van der Waals surface area contributed by atoms with Gasteiger partial charge in [-0.15, -0.1) is 0 Å². The second-order valence-corrected chi connectivity index (χ2v) is 13.7. The van der Waals surface area contributed by atoms with Crippen LogP contribution in [0.15, 0.2) is 71.6 Å². The van der Waals surface area contributed by atoms with Gasteiger partial charge in [0.15, 0.2) is 0 Å². The van der Waals surface area contributed by atoms with Crippen LogP contribution in [-0.2, 0) is 26.2 Å². The highest BCUT2D eigenvalue weighted by Crippen LogP contribution is 2.28. The zero-order valence-electron chi connectivity index (χ0n) is 24.2. The molecule has 0 saturated carbocycles. The molecule has 0 fully saturated rings. The maximum atomic E-state index is 14.2. The second kappa shape index (κ2) is 13.3. The third-order valence-corrected chi connectivity index (χ3v) is 9.00. The van der Waals surface area contributed by atoms with Gasteiger partial charge in [-0.1, -0.05) is 60.5 Å². The predicted molar refractivity (Wildman–Crippen MR) is 166 cm³/mol. The first-order chi connectivity index (χ1) is 19.1. The summed E-state index contributed by atoms with van der Waals surface area (Å²) < 4.78 is 29.0. The largest absolute Gasteiger partial charge is 0.350 e. The minimum Gasteiger partial charge on any atom is -0.350 e. The van der Waals surface area contributed by atoms with E-state index in [1.807, 2.05) is 40.7 Å². The lowest BCUT2D eigenvalue weighted by Crippen LogP contribution is -2.55. The normalized spacial score (nSPS) is 12.5. The predicted octanol–water partition coefficient (Wildman–Crippen LogP) is 6.53. The van der Waals surface area contributed by atoms with Crippen molar-refractivity contribution in [1.29, 1.82) is 0 Å². The topological polar surface area (TPSA) is 86.8 Å². The number of sulfonamides is 1. The summed E-state index contributed by atoms with van der Waals surface area (Å²) in [6.45, 7) is 10.6. The monoisotopic (exact) mass is 617 g/mol. The van der Waals surface area contributed by atoms with Crippen molar-refractivity contribution in [2.24, 2.45) is 0 Å². The molecular weight excluding hydrogens is 581 g/mol. The molecule has 0 aliphatic rings. The Morgan fingerprint density at radius 3 is 2.15 bits per heavy atom. The van der Waals surface area contributed by atoms with Crippen molar-refractivity contribution in [3.05, 3.63) is 93.5 Å². The molecule has 220 valence electrons. The lowest BCUT2D eigenvalue weighted by Gasteiger charge is -2.35. The molecule has 10 heteroatoms.